The van der Waals surface area contributed by atoms with E-state index < -0.39 is 12.0 Å². The number of nitrogens with zero attached hydrogens (tertiary/aromatic N) is 2. The van der Waals surface area contributed by atoms with Gasteiger partial charge in [0.15, 0.2) is 0 Å². The van der Waals surface area contributed by atoms with E-state index in [0.717, 1.165) is 15.3 Å². The maximum Gasteiger partial charge on any atom is 0.257 e. The number of carbonyl (C=O) groups is 1. The number of amides is 1. The van der Waals surface area contributed by atoms with E-state index in [4.69, 9.17) is 11.6 Å². The van der Waals surface area contributed by atoms with E-state index in [-0.39, 0.29) is 24.1 Å². The number of rotatable bonds is 11. The van der Waals surface area contributed by atoms with Gasteiger partial charge in [0.1, 0.15) is 16.5 Å². The van der Waals surface area contributed by atoms with Crippen molar-refractivity contribution in [3.8, 4) is 0 Å². The van der Waals surface area contributed by atoms with Crippen LogP contribution in [0.25, 0.3) is 10.2 Å². The number of fused-ring (bicyclic) bond motifs is 1. The second-order valence-electron chi connectivity index (χ2n) is 8.28. The third-order valence-electron chi connectivity index (χ3n) is 5.63. The molecule has 1 atom stereocenters. The Hall–Kier alpha value is -3.08. The fraction of sp³-hybridized carbons (Fsp3) is 0.269. The van der Waals surface area contributed by atoms with Crippen molar-refractivity contribution in [1.82, 2.24) is 20.2 Å². The number of aliphatic hydroxyl groups is 2. The summed E-state index contributed by atoms with van der Waals surface area (Å²) < 4.78 is 1.85. The molecule has 10 heteroatoms. The van der Waals surface area contributed by atoms with Crippen LogP contribution in [0.4, 0.5) is 0 Å². The van der Waals surface area contributed by atoms with Crippen molar-refractivity contribution in [2.45, 2.75) is 32.2 Å². The predicted octanol–water partition coefficient (Wildman–Crippen LogP) is 3.25. The molecule has 0 aliphatic rings. The van der Waals surface area contributed by atoms with Gasteiger partial charge in [-0.15, -0.1) is 11.3 Å². The van der Waals surface area contributed by atoms with Crippen LogP contribution in [0.5, 0.6) is 0 Å². The smallest absolute Gasteiger partial charge is 0.257 e. The number of pyridine rings is 2. The molecule has 0 bridgehead atoms. The SMILES string of the molecule is O=C(NCc1ccc(Cl)cc1)c1cn(CCCO)c2sc(CNC[C@@H](O)c3ccccn3)cc2c1=O. The van der Waals surface area contributed by atoms with Gasteiger partial charge in [0.2, 0.25) is 5.43 Å². The Balaban J connectivity index is 1.52. The molecule has 3 aromatic heterocycles. The van der Waals surface area contributed by atoms with Crippen molar-refractivity contribution in [1.29, 1.82) is 0 Å². The summed E-state index contributed by atoms with van der Waals surface area (Å²) in [7, 11) is 0. The summed E-state index contributed by atoms with van der Waals surface area (Å²) in [5.74, 6) is -0.459. The first-order valence-electron chi connectivity index (χ1n) is 11.6. The Morgan fingerprint density at radius 3 is 2.69 bits per heavy atom. The number of aliphatic hydroxyl groups excluding tert-OH is 2. The van der Waals surface area contributed by atoms with Gasteiger partial charge in [-0.3, -0.25) is 14.6 Å². The van der Waals surface area contributed by atoms with Gasteiger partial charge in [0, 0.05) is 55.1 Å². The zero-order valence-corrected chi connectivity index (χ0v) is 21.1. The highest BCUT2D eigenvalue weighted by atomic mass is 35.5. The zero-order chi connectivity index (χ0) is 25.5. The van der Waals surface area contributed by atoms with Crippen LogP contribution in [-0.4, -0.2) is 38.8 Å². The van der Waals surface area contributed by atoms with E-state index >= 15 is 0 Å². The van der Waals surface area contributed by atoms with Crippen molar-refractivity contribution in [3.63, 3.8) is 0 Å². The minimum Gasteiger partial charge on any atom is -0.396 e. The Bertz CT molecular complexity index is 1370. The molecule has 3 heterocycles. The molecule has 0 fully saturated rings. The fourth-order valence-corrected chi connectivity index (χ4v) is 5.02. The first-order chi connectivity index (χ1) is 17.5. The van der Waals surface area contributed by atoms with Gasteiger partial charge in [-0.05, 0) is 42.3 Å². The number of carbonyl (C=O) groups excluding carboxylic acids is 1. The highest BCUT2D eigenvalue weighted by Gasteiger charge is 2.18. The van der Waals surface area contributed by atoms with Gasteiger partial charge >= 0.3 is 0 Å². The summed E-state index contributed by atoms with van der Waals surface area (Å²) in [6.45, 7) is 1.48. The number of aromatic nitrogens is 2. The Labute approximate surface area is 217 Å². The molecular weight excluding hydrogens is 500 g/mol. The van der Waals surface area contributed by atoms with E-state index in [1.54, 1.807) is 42.7 Å². The molecule has 0 saturated heterocycles. The summed E-state index contributed by atoms with van der Waals surface area (Å²) >= 11 is 7.36. The summed E-state index contributed by atoms with van der Waals surface area (Å²) in [6, 6.07) is 14.3. The maximum absolute atomic E-state index is 13.2. The molecule has 36 heavy (non-hydrogen) atoms. The third kappa shape index (κ3) is 6.37. The average Bonchev–Trinajstić information content (AvgIpc) is 3.33. The van der Waals surface area contributed by atoms with Gasteiger partial charge in [-0.2, -0.15) is 0 Å². The predicted molar refractivity (Wildman–Crippen MR) is 141 cm³/mol. The standard InChI is InChI=1S/C26H27ClN4O4S/c27-18-7-5-17(6-8-18)13-30-25(35)21-16-31(10-3-11-32)26-20(24(21)34)12-19(36-26)14-28-15-23(33)22-4-1-2-9-29-22/h1-2,4-9,12,16,23,28,32-33H,3,10-11,13-15H2,(H,30,35)/t23-/m1/s1. The van der Waals surface area contributed by atoms with Crippen LogP contribution < -0.4 is 16.1 Å². The fourth-order valence-electron chi connectivity index (χ4n) is 3.77. The summed E-state index contributed by atoms with van der Waals surface area (Å²) in [4.78, 5) is 31.9. The molecule has 4 N–H and O–H groups in total. The van der Waals surface area contributed by atoms with Crippen LogP contribution in [0.3, 0.4) is 0 Å². The maximum atomic E-state index is 13.2. The van der Waals surface area contributed by atoms with Crippen LogP contribution >= 0.6 is 22.9 Å². The lowest BCUT2D eigenvalue weighted by Crippen LogP contribution is -2.29. The Morgan fingerprint density at radius 2 is 1.97 bits per heavy atom. The topological polar surface area (TPSA) is 116 Å². The molecule has 8 nitrogen and oxygen atoms in total. The molecule has 4 rings (SSSR count). The monoisotopic (exact) mass is 526 g/mol. The summed E-state index contributed by atoms with van der Waals surface area (Å²) in [5.41, 5.74) is 1.16. The largest absolute Gasteiger partial charge is 0.396 e. The Morgan fingerprint density at radius 1 is 1.17 bits per heavy atom. The van der Waals surface area contributed by atoms with E-state index in [0.29, 0.717) is 42.2 Å². The normalized spacial score (nSPS) is 12.1. The molecule has 0 aliphatic carbocycles. The molecule has 4 aromatic rings. The molecule has 0 spiro atoms. The molecule has 188 valence electrons. The first-order valence-corrected chi connectivity index (χ1v) is 12.7. The number of aryl methyl sites for hydroxylation is 1. The number of nitrogens with one attached hydrogen (secondary N) is 2. The summed E-state index contributed by atoms with van der Waals surface area (Å²) in [5, 5.41) is 26.7. The lowest BCUT2D eigenvalue weighted by molar-refractivity contribution is 0.0949. The second kappa shape index (κ2) is 12.2. The van der Waals surface area contributed by atoms with Gasteiger partial charge in [-0.25, -0.2) is 0 Å². The molecule has 1 amide bonds. The number of hydrogen-bond acceptors (Lipinski definition) is 7. The summed E-state index contributed by atoms with van der Waals surface area (Å²) in [6.07, 6.45) is 2.94. The van der Waals surface area contributed by atoms with Crippen molar-refractivity contribution in [2.75, 3.05) is 13.2 Å². The molecule has 1 aromatic carbocycles. The highest BCUT2D eigenvalue weighted by Crippen LogP contribution is 2.25. The van der Waals surface area contributed by atoms with Crippen LogP contribution in [-0.2, 0) is 19.6 Å². The van der Waals surface area contributed by atoms with Crippen LogP contribution in [0.2, 0.25) is 5.02 Å². The van der Waals surface area contributed by atoms with Gasteiger partial charge < -0.3 is 25.4 Å². The lowest BCUT2D eigenvalue weighted by atomic mass is 10.1. The zero-order valence-electron chi connectivity index (χ0n) is 19.5. The minimum atomic E-state index is -0.749. The number of thiophene rings is 1. The molecular formula is C26H27ClN4O4S. The minimum absolute atomic E-state index is 0.00306. The average molecular weight is 527 g/mol. The van der Waals surface area contributed by atoms with Crippen molar-refractivity contribution < 1.29 is 15.0 Å². The van der Waals surface area contributed by atoms with E-state index in [2.05, 4.69) is 15.6 Å². The van der Waals surface area contributed by atoms with Gasteiger partial charge in [-0.1, -0.05) is 29.8 Å². The molecule has 0 unspecified atom stereocenters. The molecule has 0 aliphatic heterocycles. The Kier molecular flexibility index (Phi) is 8.84. The van der Waals surface area contributed by atoms with Crippen molar-refractivity contribution >= 4 is 39.1 Å². The van der Waals surface area contributed by atoms with E-state index in [1.807, 2.05) is 22.8 Å². The lowest BCUT2D eigenvalue weighted by Gasteiger charge is -2.11. The van der Waals surface area contributed by atoms with Crippen LogP contribution in [0.15, 0.2) is 65.7 Å². The number of hydrogen-bond donors (Lipinski definition) is 4. The third-order valence-corrected chi connectivity index (χ3v) is 7.06. The molecule has 0 saturated carbocycles. The van der Waals surface area contributed by atoms with E-state index in [9.17, 15) is 19.8 Å². The van der Waals surface area contributed by atoms with Crippen LogP contribution in [0, 0.1) is 0 Å². The van der Waals surface area contributed by atoms with Crippen LogP contribution in [0.1, 0.15) is 39.0 Å². The highest BCUT2D eigenvalue weighted by molar-refractivity contribution is 7.18. The van der Waals surface area contributed by atoms with E-state index in [1.165, 1.54) is 11.3 Å². The number of benzene rings is 1. The second-order valence-corrected chi connectivity index (χ2v) is 9.84. The van der Waals surface area contributed by atoms with Crippen molar-refractivity contribution in [3.05, 3.63) is 97.9 Å². The van der Waals surface area contributed by atoms with Gasteiger partial charge in [0.05, 0.1) is 11.1 Å². The number of halogens is 1. The first kappa shape index (κ1) is 26.0. The molecule has 0 radical (unpaired) electrons. The van der Waals surface area contributed by atoms with Gasteiger partial charge in [0.25, 0.3) is 5.91 Å². The quantitative estimate of drug-likeness (QED) is 0.238. The van der Waals surface area contributed by atoms with Crippen molar-refractivity contribution in [2.24, 2.45) is 0 Å².